The van der Waals surface area contributed by atoms with Crippen LogP contribution in [0.3, 0.4) is 0 Å². The first-order valence-corrected chi connectivity index (χ1v) is 11.9. The van der Waals surface area contributed by atoms with E-state index in [-0.39, 0.29) is 5.91 Å². The molecule has 2 aromatic rings. The fraction of sp³-hybridized carbons (Fsp3) is 0.529. The Kier molecular flexibility index (Phi) is 6.44. The van der Waals surface area contributed by atoms with Gasteiger partial charge < -0.3 is 5.32 Å². The normalized spacial score (nSPS) is 18.3. The summed E-state index contributed by atoms with van der Waals surface area (Å²) in [4.78, 5) is 16.9. The number of rotatable bonds is 8. The highest BCUT2D eigenvalue weighted by Crippen LogP contribution is 2.28. The maximum absolute atomic E-state index is 12.7. The van der Waals surface area contributed by atoms with Crippen molar-refractivity contribution in [2.24, 2.45) is 0 Å². The van der Waals surface area contributed by atoms with Gasteiger partial charge in [-0.25, -0.2) is 13.4 Å². The van der Waals surface area contributed by atoms with E-state index >= 15 is 0 Å². The summed E-state index contributed by atoms with van der Waals surface area (Å²) in [5.74, 6) is -0.187. The van der Waals surface area contributed by atoms with Crippen LogP contribution in [-0.4, -0.2) is 42.7 Å². The lowest BCUT2D eigenvalue weighted by molar-refractivity contribution is -0.124. The Morgan fingerprint density at radius 2 is 2.23 bits per heavy atom. The van der Waals surface area contributed by atoms with Crippen molar-refractivity contribution >= 4 is 38.6 Å². The zero-order chi connectivity index (χ0) is 18.6. The van der Waals surface area contributed by atoms with Gasteiger partial charge in [-0.15, -0.1) is 22.7 Å². The van der Waals surface area contributed by atoms with Gasteiger partial charge in [0.25, 0.3) is 10.0 Å². The molecule has 142 valence electrons. The molecule has 1 atom stereocenters. The van der Waals surface area contributed by atoms with Gasteiger partial charge in [0.2, 0.25) is 5.91 Å². The zero-order valence-corrected chi connectivity index (χ0v) is 17.1. The van der Waals surface area contributed by atoms with Crippen molar-refractivity contribution in [3.05, 3.63) is 33.6 Å². The number of thiazole rings is 1. The Hall–Kier alpha value is -1.29. The molecular weight excluding hydrogens is 390 g/mol. The number of carbonyl (C=O) groups excluding carboxylic acids is 1. The molecule has 1 saturated heterocycles. The third kappa shape index (κ3) is 4.51. The highest BCUT2D eigenvalue weighted by Gasteiger charge is 2.39. The molecule has 0 spiro atoms. The Balaban J connectivity index is 1.48. The van der Waals surface area contributed by atoms with Gasteiger partial charge in [0, 0.05) is 24.2 Å². The highest BCUT2D eigenvalue weighted by molar-refractivity contribution is 7.91. The summed E-state index contributed by atoms with van der Waals surface area (Å²) in [5, 5.41) is 7.81. The minimum absolute atomic E-state index is 0.187. The van der Waals surface area contributed by atoms with Crippen molar-refractivity contribution in [2.45, 2.75) is 49.3 Å². The molecular formula is C17H23N3O3S3. The van der Waals surface area contributed by atoms with E-state index in [4.69, 9.17) is 0 Å². The van der Waals surface area contributed by atoms with Crippen molar-refractivity contribution in [3.63, 3.8) is 0 Å². The fourth-order valence-electron chi connectivity index (χ4n) is 3.06. The predicted molar refractivity (Wildman–Crippen MR) is 104 cm³/mol. The molecule has 26 heavy (non-hydrogen) atoms. The average Bonchev–Trinajstić information content (AvgIpc) is 3.36. The van der Waals surface area contributed by atoms with E-state index in [9.17, 15) is 13.2 Å². The molecule has 1 N–H and O–H groups in total. The van der Waals surface area contributed by atoms with Crippen LogP contribution >= 0.6 is 22.7 Å². The van der Waals surface area contributed by atoms with Crippen LogP contribution in [0, 0.1) is 6.92 Å². The van der Waals surface area contributed by atoms with Crippen LogP contribution in [-0.2, 0) is 21.2 Å². The van der Waals surface area contributed by atoms with Gasteiger partial charge in [-0.3, -0.25) is 4.79 Å². The Morgan fingerprint density at radius 1 is 1.38 bits per heavy atom. The van der Waals surface area contributed by atoms with Gasteiger partial charge in [0.15, 0.2) is 0 Å². The summed E-state index contributed by atoms with van der Waals surface area (Å²) in [6.07, 6.45) is 4.02. The first-order valence-electron chi connectivity index (χ1n) is 8.72. The van der Waals surface area contributed by atoms with Crippen LogP contribution in [0.25, 0.3) is 0 Å². The van der Waals surface area contributed by atoms with Gasteiger partial charge >= 0.3 is 0 Å². The molecule has 0 bridgehead atoms. The van der Waals surface area contributed by atoms with Crippen LogP contribution in [0.15, 0.2) is 27.1 Å². The second-order valence-corrected chi connectivity index (χ2v) is 10.3. The molecule has 6 nitrogen and oxygen atoms in total. The Labute approximate surface area is 162 Å². The van der Waals surface area contributed by atoms with Crippen molar-refractivity contribution in [3.8, 4) is 0 Å². The summed E-state index contributed by atoms with van der Waals surface area (Å²) in [6, 6.07) is 2.71. The van der Waals surface area contributed by atoms with Gasteiger partial charge in [0.05, 0.1) is 5.01 Å². The SMILES string of the molecule is Cc1csc(CCCCNC(=O)C2CCCN2S(=O)(=O)c2cccs2)n1. The number of nitrogens with one attached hydrogen (secondary N) is 1. The number of sulfonamides is 1. The lowest BCUT2D eigenvalue weighted by atomic mass is 10.2. The van der Waals surface area contributed by atoms with E-state index in [1.807, 2.05) is 12.3 Å². The number of aromatic nitrogens is 1. The summed E-state index contributed by atoms with van der Waals surface area (Å²) in [6.45, 7) is 2.95. The molecule has 0 saturated carbocycles. The highest BCUT2D eigenvalue weighted by atomic mass is 32.2. The first-order chi connectivity index (χ1) is 12.5. The smallest absolute Gasteiger partial charge is 0.253 e. The molecule has 3 heterocycles. The van der Waals surface area contributed by atoms with Crippen LogP contribution in [0.5, 0.6) is 0 Å². The third-order valence-electron chi connectivity index (χ3n) is 4.35. The number of carbonyl (C=O) groups is 1. The van der Waals surface area contributed by atoms with E-state index in [1.165, 1.54) is 15.6 Å². The quantitative estimate of drug-likeness (QED) is 0.675. The number of nitrogens with zero attached hydrogens (tertiary/aromatic N) is 2. The molecule has 0 radical (unpaired) electrons. The number of amides is 1. The standard InChI is InChI=1S/C17H23N3O3S3/c1-13-12-25-15(19-13)7-2-3-9-18-17(21)14-6-4-10-20(14)26(22,23)16-8-5-11-24-16/h5,8,11-12,14H,2-4,6-7,9-10H2,1H3,(H,18,21). The minimum Gasteiger partial charge on any atom is -0.355 e. The zero-order valence-electron chi connectivity index (χ0n) is 14.7. The molecule has 0 aromatic carbocycles. The first kappa shape index (κ1) is 19.5. The molecule has 0 aliphatic carbocycles. The molecule has 1 amide bonds. The summed E-state index contributed by atoms with van der Waals surface area (Å²) in [5.41, 5.74) is 1.05. The van der Waals surface area contributed by atoms with E-state index in [0.717, 1.165) is 30.0 Å². The van der Waals surface area contributed by atoms with Gasteiger partial charge in [0.1, 0.15) is 10.3 Å². The van der Waals surface area contributed by atoms with Gasteiger partial charge in [-0.1, -0.05) is 6.07 Å². The molecule has 1 aliphatic rings. The fourth-order valence-corrected chi connectivity index (χ4v) is 6.66. The van der Waals surface area contributed by atoms with Gasteiger partial charge in [-0.2, -0.15) is 4.31 Å². The molecule has 2 aromatic heterocycles. The molecule has 1 fully saturated rings. The van der Waals surface area contributed by atoms with E-state index in [1.54, 1.807) is 28.8 Å². The largest absolute Gasteiger partial charge is 0.355 e. The molecule has 3 rings (SSSR count). The number of hydrogen-bond donors (Lipinski definition) is 1. The number of hydrogen-bond acceptors (Lipinski definition) is 6. The second kappa shape index (κ2) is 8.60. The van der Waals surface area contributed by atoms with E-state index < -0.39 is 16.1 Å². The van der Waals surface area contributed by atoms with Crippen LogP contribution in [0.1, 0.15) is 36.4 Å². The lowest BCUT2D eigenvalue weighted by Crippen LogP contribution is -2.45. The summed E-state index contributed by atoms with van der Waals surface area (Å²) >= 11 is 2.85. The van der Waals surface area contributed by atoms with E-state index in [2.05, 4.69) is 10.3 Å². The molecule has 1 unspecified atom stereocenters. The van der Waals surface area contributed by atoms with Crippen LogP contribution in [0.2, 0.25) is 0 Å². The van der Waals surface area contributed by atoms with Crippen molar-refractivity contribution in [2.75, 3.05) is 13.1 Å². The Morgan fingerprint density at radius 3 is 2.92 bits per heavy atom. The van der Waals surface area contributed by atoms with E-state index in [0.29, 0.717) is 30.1 Å². The topological polar surface area (TPSA) is 79.4 Å². The number of thiophene rings is 1. The molecule has 1 aliphatic heterocycles. The molecule has 9 heteroatoms. The van der Waals surface area contributed by atoms with Gasteiger partial charge in [-0.05, 0) is 50.5 Å². The number of unbranched alkanes of at least 4 members (excludes halogenated alkanes) is 1. The average molecular weight is 414 g/mol. The number of aryl methyl sites for hydroxylation is 2. The monoisotopic (exact) mass is 413 g/mol. The minimum atomic E-state index is -3.57. The lowest BCUT2D eigenvalue weighted by Gasteiger charge is -2.22. The maximum Gasteiger partial charge on any atom is 0.253 e. The van der Waals surface area contributed by atoms with Crippen molar-refractivity contribution in [1.82, 2.24) is 14.6 Å². The Bertz CT molecular complexity index is 831. The summed E-state index contributed by atoms with van der Waals surface area (Å²) in [7, 11) is -3.57. The van der Waals surface area contributed by atoms with Crippen LogP contribution in [0.4, 0.5) is 0 Å². The summed E-state index contributed by atoms with van der Waals surface area (Å²) < 4.78 is 27.0. The van der Waals surface area contributed by atoms with Crippen molar-refractivity contribution < 1.29 is 13.2 Å². The third-order valence-corrected chi connectivity index (χ3v) is 8.66. The van der Waals surface area contributed by atoms with Crippen LogP contribution < -0.4 is 5.32 Å². The van der Waals surface area contributed by atoms with Crippen molar-refractivity contribution in [1.29, 1.82) is 0 Å². The maximum atomic E-state index is 12.7. The second-order valence-electron chi connectivity index (χ2n) is 6.34. The predicted octanol–water partition coefficient (Wildman–Crippen LogP) is 2.81.